The Morgan fingerprint density at radius 2 is 1.62 bits per heavy atom. The first-order valence-corrected chi connectivity index (χ1v) is 6.12. The highest BCUT2D eigenvalue weighted by Crippen LogP contribution is 2.26. The average molecular weight is 295 g/mol. The molecule has 0 saturated heterocycles. The zero-order valence-electron chi connectivity index (χ0n) is 10.9. The van der Waals surface area contributed by atoms with Gasteiger partial charge in [0.25, 0.3) is 5.91 Å². The number of alkyl halides is 3. The first-order chi connectivity index (χ1) is 9.96. The SMILES string of the molecule is O=C(NCc1ccccc1OC(F)(F)F)c1ccccc1. The molecule has 0 aromatic heterocycles. The van der Waals surface area contributed by atoms with Crippen molar-refractivity contribution in [1.82, 2.24) is 5.32 Å². The summed E-state index contributed by atoms with van der Waals surface area (Å²) in [6, 6.07) is 14.1. The fraction of sp³-hybridized carbons (Fsp3) is 0.133. The summed E-state index contributed by atoms with van der Waals surface area (Å²) in [6.45, 7) is -0.0556. The van der Waals surface area contributed by atoms with Gasteiger partial charge in [-0.15, -0.1) is 13.2 Å². The van der Waals surface area contributed by atoms with E-state index in [0.717, 1.165) is 0 Å². The van der Waals surface area contributed by atoms with Crippen LogP contribution in [0.1, 0.15) is 15.9 Å². The molecule has 0 unspecified atom stereocenters. The van der Waals surface area contributed by atoms with Gasteiger partial charge in [0.15, 0.2) is 0 Å². The Kier molecular flexibility index (Phi) is 4.47. The van der Waals surface area contributed by atoms with Crippen LogP contribution in [0.4, 0.5) is 13.2 Å². The highest BCUT2D eigenvalue weighted by Gasteiger charge is 2.31. The third-order valence-electron chi connectivity index (χ3n) is 2.67. The van der Waals surface area contributed by atoms with Crippen LogP contribution < -0.4 is 10.1 Å². The number of halogens is 3. The summed E-state index contributed by atoms with van der Waals surface area (Å²) in [5.74, 6) is -0.684. The predicted molar refractivity (Wildman–Crippen MR) is 70.7 cm³/mol. The van der Waals surface area contributed by atoms with Crippen molar-refractivity contribution in [2.75, 3.05) is 0 Å². The smallest absolute Gasteiger partial charge is 0.405 e. The summed E-state index contributed by atoms with van der Waals surface area (Å²) >= 11 is 0. The molecule has 1 amide bonds. The van der Waals surface area contributed by atoms with E-state index in [0.29, 0.717) is 5.56 Å². The molecule has 2 aromatic rings. The second kappa shape index (κ2) is 6.30. The Bertz CT molecular complexity index is 612. The lowest BCUT2D eigenvalue weighted by molar-refractivity contribution is -0.274. The van der Waals surface area contributed by atoms with Gasteiger partial charge in [-0.2, -0.15) is 0 Å². The van der Waals surface area contributed by atoms with E-state index < -0.39 is 6.36 Å². The van der Waals surface area contributed by atoms with Gasteiger partial charge in [0, 0.05) is 17.7 Å². The van der Waals surface area contributed by atoms with Crippen molar-refractivity contribution >= 4 is 5.91 Å². The summed E-state index contributed by atoms with van der Waals surface area (Å²) in [6.07, 6.45) is -4.76. The largest absolute Gasteiger partial charge is 0.573 e. The van der Waals surface area contributed by atoms with Crippen molar-refractivity contribution in [3.05, 3.63) is 65.7 Å². The molecule has 2 aromatic carbocycles. The maximum absolute atomic E-state index is 12.3. The van der Waals surface area contributed by atoms with E-state index >= 15 is 0 Å². The molecule has 0 aliphatic carbocycles. The summed E-state index contributed by atoms with van der Waals surface area (Å²) in [5, 5.41) is 2.56. The number of hydrogen-bond acceptors (Lipinski definition) is 2. The molecular weight excluding hydrogens is 283 g/mol. The van der Waals surface area contributed by atoms with Gasteiger partial charge in [0.05, 0.1) is 0 Å². The molecule has 0 spiro atoms. The van der Waals surface area contributed by atoms with Crippen LogP contribution in [0, 0.1) is 0 Å². The molecule has 6 heteroatoms. The van der Waals surface area contributed by atoms with Gasteiger partial charge in [-0.1, -0.05) is 36.4 Å². The molecule has 0 aliphatic heterocycles. The summed E-state index contributed by atoms with van der Waals surface area (Å²) in [4.78, 5) is 11.8. The molecule has 0 radical (unpaired) electrons. The number of amides is 1. The van der Waals surface area contributed by atoms with Gasteiger partial charge in [0.2, 0.25) is 0 Å². The second-order valence-corrected chi connectivity index (χ2v) is 4.20. The lowest BCUT2D eigenvalue weighted by atomic mass is 10.2. The molecule has 110 valence electrons. The van der Waals surface area contributed by atoms with Crippen molar-refractivity contribution in [2.24, 2.45) is 0 Å². The number of hydrogen-bond donors (Lipinski definition) is 1. The van der Waals surface area contributed by atoms with Gasteiger partial charge in [0.1, 0.15) is 5.75 Å². The zero-order chi connectivity index (χ0) is 15.3. The molecule has 0 aliphatic rings. The van der Waals surface area contributed by atoms with E-state index in [4.69, 9.17) is 0 Å². The topological polar surface area (TPSA) is 38.3 Å². The Labute approximate surface area is 119 Å². The number of benzene rings is 2. The van der Waals surface area contributed by atoms with E-state index in [1.165, 1.54) is 18.2 Å². The lowest BCUT2D eigenvalue weighted by Crippen LogP contribution is -2.24. The van der Waals surface area contributed by atoms with Crippen molar-refractivity contribution in [3.63, 3.8) is 0 Å². The number of rotatable bonds is 4. The van der Waals surface area contributed by atoms with Gasteiger partial charge in [-0.05, 0) is 18.2 Å². The van der Waals surface area contributed by atoms with E-state index in [-0.39, 0.29) is 23.8 Å². The van der Waals surface area contributed by atoms with E-state index in [9.17, 15) is 18.0 Å². The van der Waals surface area contributed by atoms with E-state index in [1.54, 1.807) is 36.4 Å². The molecular formula is C15H12F3NO2. The minimum Gasteiger partial charge on any atom is -0.405 e. The van der Waals surface area contributed by atoms with Crippen LogP contribution in [-0.2, 0) is 6.54 Å². The van der Waals surface area contributed by atoms with Crippen molar-refractivity contribution in [2.45, 2.75) is 12.9 Å². The second-order valence-electron chi connectivity index (χ2n) is 4.20. The van der Waals surface area contributed by atoms with Gasteiger partial charge in [-0.25, -0.2) is 0 Å². The maximum Gasteiger partial charge on any atom is 0.573 e. The van der Waals surface area contributed by atoms with Crippen LogP contribution in [0.2, 0.25) is 0 Å². The van der Waals surface area contributed by atoms with Crippen LogP contribution in [0.3, 0.4) is 0 Å². The Morgan fingerprint density at radius 3 is 2.29 bits per heavy atom. The van der Waals surface area contributed by atoms with Crippen LogP contribution in [0.25, 0.3) is 0 Å². The van der Waals surface area contributed by atoms with Crippen molar-refractivity contribution < 1.29 is 22.7 Å². The van der Waals surface area contributed by atoms with E-state index in [2.05, 4.69) is 10.1 Å². The number of carbonyl (C=O) groups excluding carboxylic acids is 1. The minimum absolute atomic E-state index is 0.0556. The molecule has 0 atom stereocenters. The zero-order valence-corrected chi connectivity index (χ0v) is 10.9. The highest BCUT2D eigenvalue weighted by atomic mass is 19.4. The normalized spacial score (nSPS) is 11.0. The maximum atomic E-state index is 12.3. The van der Waals surface area contributed by atoms with Gasteiger partial charge >= 0.3 is 6.36 Å². The highest BCUT2D eigenvalue weighted by molar-refractivity contribution is 5.94. The van der Waals surface area contributed by atoms with E-state index in [1.807, 2.05) is 0 Å². The fourth-order valence-corrected chi connectivity index (χ4v) is 1.74. The van der Waals surface area contributed by atoms with Crippen molar-refractivity contribution in [3.8, 4) is 5.75 Å². The van der Waals surface area contributed by atoms with Crippen LogP contribution >= 0.6 is 0 Å². The molecule has 2 rings (SSSR count). The molecule has 21 heavy (non-hydrogen) atoms. The summed E-state index contributed by atoms with van der Waals surface area (Å²) in [7, 11) is 0. The molecule has 0 bridgehead atoms. The summed E-state index contributed by atoms with van der Waals surface area (Å²) < 4.78 is 40.7. The Balaban J connectivity index is 2.05. The number of carbonyl (C=O) groups is 1. The van der Waals surface area contributed by atoms with Gasteiger partial charge < -0.3 is 10.1 Å². The molecule has 0 saturated carbocycles. The molecule has 0 heterocycles. The first-order valence-electron chi connectivity index (χ1n) is 6.12. The molecule has 0 fully saturated rings. The third kappa shape index (κ3) is 4.52. The minimum atomic E-state index is -4.76. The first kappa shape index (κ1) is 14.9. The van der Waals surface area contributed by atoms with Crippen LogP contribution in [0.5, 0.6) is 5.75 Å². The third-order valence-corrected chi connectivity index (χ3v) is 2.67. The standard InChI is InChI=1S/C15H12F3NO2/c16-15(17,18)21-13-9-5-4-8-12(13)10-19-14(20)11-6-2-1-3-7-11/h1-9H,10H2,(H,19,20). The fourth-order valence-electron chi connectivity index (χ4n) is 1.74. The molecule has 3 nitrogen and oxygen atoms in total. The number of nitrogens with one attached hydrogen (secondary N) is 1. The monoisotopic (exact) mass is 295 g/mol. The molecule has 1 N–H and O–H groups in total. The average Bonchev–Trinajstić information content (AvgIpc) is 2.45. The number of ether oxygens (including phenoxy) is 1. The predicted octanol–water partition coefficient (Wildman–Crippen LogP) is 3.52. The lowest BCUT2D eigenvalue weighted by Gasteiger charge is -2.13. The van der Waals surface area contributed by atoms with Crippen molar-refractivity contribution in [1.29, 1.82) is 0 Å². The Hall–Kier alpha value is -2.50. The van der Waals surface area contributed by atoms with Gasteiger partial charge in [-0.3, -0.25) is 4.79 Å². The van der Waals surface area contributed by atoms with Crippen LogP contribution in [-0.4, -0.2) is 12.3 Å². The quantitative estimate of drug-likeness (QED) is 0.937. The summed E-state index contributed by atoms with van der Waals surface area (Å²) in [5.41, 5.74) is 0.686. The Morgan fingerprint density at radius 1 is 1.00 bits per heavy atom. The van der Waals surface area contributed by atoms with Crippen LogP contribution in [0.15, 0.2) is 54.6 Å². The number of para-hydroxylation sites is 1.